The van der Waals surface area contributed by atoms with Crippen molar-refractivity contribution in [2.24, 2.45) is 0 Å². The molecule has 0 saturated carbocycles. The van der Waals surface area contributed by atoms with Crippen molar-refractivity contribution in [1.82, 2.24) is 25.1 Å². The second-order valence-electron chi connectivity index (χ2n) is 8.80. The number of methoxy groups -OCH3 is 1. The topological polar surface area (TPSA) is 91.4 Å². The second-order valence-corrected chi connectivity index (χ2v) is 8.80. The summed E-state index contributed by atoms with van der Waals surface area (Å²) in [5, 5.41) is 11.1. The van der Waals surface area contributed by atoms with Crippen LogP contribution < -0.4 is 19.7 Å². The van der Waals surface area contributed by atoms with Gasteiger partial charge in [-0.15, -0.1) is 0 Å². The van der Waals surface area contributed by atoms with Gasteiger partial charge in [0.15, 0.2) is 17.3 Å². The number of rotatable bonds is 9. The van der Waals surface area contributed by atoms with E-state index < -0.39 is 5.92 Å². The number of fused-ring (bicyclic) bond motifs is 1. The first-order chi connectivity index (χ1) is 16.2. The molecule has 4 rings (SSSR count). The Balaban J connectivity index is 1.70. The van der Waals surface area contributed by atoms with Crippen LogP contribution in [0.2, 0.25) is 0 Å². The highest BCUT2D eigenvalue weighted by Crippen LogP contribution is 2.37. The van der Waals surface area contributed by atoms with Crippen molar-refractivity contribution in [3.05, 3.63) is 23.9 Å². The van der Waals surface area contributed by atoms with E-state index in [-0.39, 0.29) is 25.9 Å². The summed E-state index contributed by atoms with van der Waals surface area (Å²) in [6, 6.07) is 5.50. The summed E-state index contributed by atoms with van der Waals surface area (Å²) in [5.74, 6) is -0.0147. The van der Waals surface area contributed by atoms with Gasteiger partial charge in [0.2, 0.25) is 5.95 Å². The minimum absolute atomic E-state index is 0.184. The third kappa shape index (κ3) is 5.64. The maximum Gasteiger partial charge on any atom is 0.251 e. The van der Waals surface area contributed by atoms with E-state index in [4.69, 9.17) is 14.5 Å². The zero-order valence-corrected chi connectivity index (χ0v) is 20.0. The molecule has 1 saturated heterocycles. The number of aromatic nitrogens is 4. The number of anilines is 3. The molecule has 1 aliphatic heterocycles. The lowest BCUT2D eigenvalue weighted by molar-refractivity contribution is -0.0222. The Labute approximate surface area is 197 Å². The SMILES string of the molecule is COc1cc2c(Nc3cc(C)[nH]n3)nc(N3CCC(F)(F)CC3)nc2cc1OCCCN(C)C. The lowest BCUT2D eigenvalue weighted by Gasteiger charge is -2.32. The summed E-state index contributed by atoms with van der Waals surface area (Å²) in [6.45, 7) is 3.70. The molecule has 2 N–H and O–H groups in total. The van der Waals surface area contributed by atoms with Crippen molar-refractivity contribution in [1.29, 1.82) is 0 Å². The molecule has 0 unspecified atom stereocenters. The van der Waals surface area contributed by atoms with E-state index in [1.807, 2.05) is 39.2 Å². The Morgan fingerprint density at radius 3 is 2.56 bits per heavy atom. The molecule has 11 heteroatoms. The van der Waals surface area contributed by atoms with E-state index in [9.17, 15) is 8.78 Å². The first kappa shape index (κ1) is 23.9. The van der Waals surface area contributed by atoms with Crippen LogP contribution in [0, 0.1) is 6.92 Å². The number of nitrogens with one attached hydrogen (secondary N) is 2. The van der Waals surface area contributed by atoms with E-state index >= 15 is 0 Å². The summed E-state index contributed by atoms with van der Waals surface area (Å²) in [7, 11) is 5.61. The predicted molar refractivity (Wildman–Crippen MR) is 128 cm³/mol. The van der Waals surface area contributed by atoms with Crippen molar-refractivity contribution in [2.75, 3.05) is 57.7 Å². The van der Waals surface area contributed by atoms with Crippen LogP contribution in [0.5, 0.6) is 11.5 Å². The number of piperidine rings is 1. The lowest BCUT2D eigenvalue weighted by atomic mass is 10.1. The second kappa shape index (κ2) is 9.96. The fourth-order valence-electron chi connectivity index (χ4n) is 3.83. The largest absolute Gasteiger partial charge is 0.493 e. The number of alkyl halides is 2. The Morgan fingerprint density at radius 1 is 1.15 bits per heavy atom. The molecular weight excluding hydrogens is 444 g/mol. The molecule has 0 amide bonds. The molecule has 184 valence electrons. The average molecular weight is 476 g/mol. The quantitative estimate of drug-likeness (QED) is 0.449. The zero-order chi connectivity index (χ0) is 24.3. The Bertz CT molecular complexity index is 1130. The number of H-pyrrole nitrogens is 1. The molecule has 9 nitrogen and oxygen atoms in total. The fraction of sp³-hybridized carbons (Fsp3) is 0.522. The highest BCUT2D eigenvalue weighted by atomic mass is 19.3. The average Bonchev–Trinajstić information content (AvgIpc) is 3.20. The summed E-state index contributed by atoms with van der Waals surface area (Å²) in [4.78, 5) is 13.3. The molecule has 3 aromatic rings. The molecule has 0 spiro atoms. The van der Waals surface area contributed by atoms with Crippen LogP contribution in [-0.2, 0) is 0 Å². The molecule has 2 aromatic heterocycles. The van der Waals surface area contributed by atoms with Crippen LogP contribution in [0.25, 0.3) is 10.9 Å². The third-order valence-electron chi connectivity index (χ3n) is 5.71. The number of halogens is 2. The van der Waals surface area contributed by atoms with Gasteiger partial charge in [0.05, 0.1) is 19.2 Å². The summed E-state index contributed by atoms with van der Waals surface area (Å²) in [6.07, 6.45) is 0.410. The molecule has 3 heterocycles. The number of nitrogens with zero attached hydrogens (tertiary/aromatic N) is 5. The van der Waals surface area contributed by atoms with Gasteiger partial charge in [-0.1, -0.05) is 0 Å². The Hall–Kier alpha value is -3.21. The van der Waals surface area contributed by atoms with Crippen molar-refractivity contribution in [3.8, 4) is 11.5 Å². The minimum atomic E-state index is -2.65. The fourth-order valence-corrected chi connectivity index (χ4v) is 3.83. The van der Waals surface area contributed by atoms with E-state index in [1.165, 1.54) is 0 Å². The maximum atomic E-state index is 13.7. The number of aromatic amines is 1. The van der Waals surface area contributed by atoms with E-state index in [1.54, 1.807) is 12.0 Å². The molecule has 1 aromatic carbocycles. The molecule has 34 heavy (non-hydrogen) atoms. The predicted octanol–water partition coefficient (Wildman–Crippen LogP) is 3.98. The first-order valence-corrected chi connectivity index (χ1v) is 11.3. The Morgan fingerprint density at radius 2 is 1.91 bits per heavy atom. The van der Waals surface area contributed by atoms with Crippen molar-refractivity contribution in [3.63, 3.8) is 0 Å². The van der Waals surface area contributed by atoms with Gasteiger partial charge in [0.25, 0.3) is 5.92 Å². The van der Waals surface area contributed by atoms with Gasteiger partial charge in [0.1, 0.15) is 5.82 Å². The van der Waals surface area contributed by atoms with Crippen LogP contribution in [0.15, 0.2) is 18.2 Å². The molecular formula is C23H31F2N7O2. The zero-order valence-electron chi connectivity index (χ0n) is 20.0. The van der Waals surface area contributed by atoms with Crippen LogP contribution >= 0.6 is 0 Å². The van der Waals surface area contributed by atoms with E-state index in [2.05, 4.69) is 25.4 Å². The van der Waals surface area contributed by atoms with Gasteiger partial charge in [-0.05, 0) is 33.5 Å². The number of aryl methyl sites for hydroxylation is 1. The maximum absolute atomic E-state index is 13.7. The van der Waals surface area contributed by atoms with Crippen LogP contribution in [-0.4, -0.2) is 78.4 Å². The molecule has 0 atom stereocenters. The van der Waals surface area contributed by atoms with Gasteiger partial charge in [-0.25, -0.2) is 13.8 Å². The molecule has 1 fully saturated rings. The normalized spacial score (nSPS) is 15.7. The lowest BCUT2D eigenvalue weighted by Crippen LogP contribution is -2.40. The minimum Gasteiger partial charge on any atom is -0.493 e. The molecule has 0 aliphatic carbocycles. The van der Waals surface area contributed by atoms with Crippen LogP contribution in [0.4, 0.5) is 26.4 Å². The Kier molecular flexibility index (Phi) is 7.01. The third-order valence-corrected chi connectivity index (χ3v) is 5.71. The van der Waals surface area contributed by atoms with Gasteiger partial charge in [0, 0.05) is 55.7 Å². The molecule has 1 aliphatic rings. The van der Waals surface area contributed by atoms with Gasteiger partial charge in [-0.2, -0.15) is 10.1 Å². The molecule has 0 bridgehead atoms. The number of ether oxygens (including phenoxy) is 2. The summed E-state index contributed by atoms with van der Waals surface area (Å²) >= 11 is 0. The van der Waals surface area contributed by atoms with Gasteiger partial charge >= 0.3 is 0 Å². The van der Waals surface area contributed by atoms with Crippen LogP contribution in [0.3, 0.4) is 0 Å². The van der Waals surface area contributed by atoms with Crippen molar-refractivity contribution in [2.45, 2.75) is 32.1 Å². The van der Waals surface area contributed by atoms with E-state index in [0.717, 1.165) is 18.7 Å². The number of hydrogen-bond donors (Lipinski definition) is 2. The standard InChI is InChI=1S/C23H31F2N7O2/c1-15-12-20(30-29-15)27-21-16-13-18(33-4)19(34-11-5-8-31(2)3)14-17(16)26-22(28-21)32-9-6-23(24,25)7-10-32/h12-14H,5-11H2,1-4H3,(H2,26,27,28,29,30). The number of hydrogen-bond acceptors (Lipinski definition) is 8. The number of benzene rings is 1. The first-order valence-electron chi connectivity index (χ1n) is 11.3. The summed E-state index contributed by atoms with van der Waals surface area (Å²) in [5.41, 5.74) is 1.52. The highest BCUT2D eigenvalue weighted by Gasteiger charge is 2.35. The summed E-state index contributed by atoms with van der Waals surface area (Å²) < 4.78 is 39.0. The van der Waals surface area contributed by atoms with Crippen LogP contribution in [0.1, 0.15) is 25.0 Å². The van der Waals surface area contributed by atoms with E-state index in [0.29, 0.717) is 46.6 Å². The van der Waals surface area contributed by atoms with Gasteiger partial charge < -0.3 is 24.6 Å². The van der Waals surface area contributed by atoms with Crippen molar-refractivity contribution < 1.29 is 18.3 Å². The smallest absolute Gasteiger partial charge is 0.251 e. The van der Waals surface area contributed by atoms with Crippen molar-refractivity contribution >= 4 is 28.5 Å². The monoisotopic (exact) mass is 475 g/mol. The molecule has 0 radical (unpaired) electrons. The van der Waals surface area contributed by atoms with Gasteiger partial charge in [-0.3, -0.25) is 5.10 Å². The highest BCUT2D eigenvalue weighted by molar-refractivity contribution is 5.94.